The number of carbonyl (C=O) groups excluding carboxylic acids is 2. The Bertz CT molecular complexity index is 1560. The lowest BCUT2D eigenvalue weighted by Crippen LogP contribution is -2.48. The molecule has 2 bridgehead atoms. The molecule has 0 unspecified atom stereocenters. The van der Waals surface area contributed by atoms with E-state index in [0.717, 1.165) is 34.3 Å². The van der Waals surface area contributed by atoms with Gasteiger partial charge in [0.05, 0.1) is 23.3 Å². The molecule has 7 nitrogen and oxygen atoms in total. The highest BCUT2D eigenvalue weighted by atomic mass is 19.1. The molecule has 36 heavy (non-hydrogen) atoms. The van der Waals surface area contributed by atoms with Crippen LogP contribution in [0.3, 0.4) is 0 Å². The number of primary amides is 1. The number of aromatic nitrogens is 3. The predicted octanol–water partition coefficient (Wildman–Crippen LogP) is 3.92. The van der Waals surface area contributed by atoms with Gasteiger partial charge in [0.2, 0.25) is 11.7 Å². The summed E-state index contributed by atoms with van der Waals surface area (Å²) in [4.78, 5) is 34.1. The van der Waals surface area contributed by atoms with Crippen LogP contribution in [0.15, 0.2) is 73.2 Å². The van der Waals surface area contributed by atoms with Gasteiger partial charge in [-0.2, -0.15) is 0 Å². The molecule has 0 aliphatic heterocycles. The summed E-state index contributed by atoms with van der Waals surface area (Å²) in [5.41, 5.74) is 10.3. The van der Waals surface area contributed by atoms with E-state index in [1.165, 1.54) is 6.07 Å². The van der Waals surface area contributed by atoms with Gasteiger partial charge in [0.25, 0.3) is 5.91 Å². The number of imidazole rings is 1. The van der Waals surface area contributed by atoms with Crippen molar-refractivity contribution in [2.24, 2.45) is 23.5 Å². The van der Waals surface area contributed by atoms with Gasteiger partial charge in [0.1, 0.15) is 5.82 Å². The molecular formula is C28H24FN5O2. The van der Waals surface area contributed by atoms with Gasteiger partial charge in [-0.25, -0.2) is 9.37 Å². The summed E-state index contributed by atoms with van der Waals surface area (Å²) in [6, 6.07) is 12.3. The number of nitrogens with one attached hydrogen (secondary N) is 1. The lowest BCUT2D eigenvalue weighted by Gasteiger charge is -2.26. The summed E-state index contributed by atoms with van der Waals surface area (Å²) < 4.78 is 15.5. The van der Waals surface area contributed by atoms with E-state index in [1.54, 1.807) is 42.0 Å². The molecule has 0 spiro atoms. The molecule has 180 valence electrons. The van der Waals surface area contributed by atoms with Crippen LogP contribution in [0.4, 0.5) is 4.39 Å². The second kappa shape index (κ2) is 8.41. The number of pyridine rings is 2. The minimum atomic E-state index is -0.402. The zero-order valence-electron chi connectivity index (χ0n) is 19.6. The highest BCUT2D eigenvalue weighted by molar-refractivity contribution is 5.93. The normalized spacial score (nSPS) is 22.3. The molecule has 2 amide bonds. The Morgan fingerprint density at radius 1 is 1.08 bits per heavy atom. The van der Waals surface area contributed by atoms with Gasteiger partial charge in [-0.15, -0.1) is 0 Å². The third-order valence-corrected chi connectivity index (χ3v) is 7.37. The number of carbonyl (C=O) groups is 2. The van der Waals surface area contributed by atoms with E-state index >= 15 is 0 Å². The van der Waals surface area contributed by atoms with Crippen molar-refractivity contribution in [3.8, 4) is 22.4 Å². The topological polar surface area (TPSA) is 102 Å². The highest BCUT2D eigenvalue weighted by Gasteiger charge is 2.48. The van der Waals surface area contributed by atoms with Gasteiger partial charge in [0, 0.05) is 29.6 Å². The molecular weight excluding hydrogens is 457 g/mol. The third-order valence-electron chi connectivity index (χ3n) is 7.37. The molecule has 2 aliphatic carbocycles. The lowest BCUT2D eigenvalue weighted by molar-refractivity contribution is -0.123. The summed E-state index contributed by atoms with van der Waals surface area (Å²) in [5.74, 6) is -0.967. The molecule has 0 saturated heterocycles. The zero-order chi connectivity index (χ0) is 25.0. The minimum absolute atomic E-state index is 0.0796. The number of nitrogens with two attached hydrogens (primary N) is 1. The van der Waals surface area contributed by atoms with E-state index in [9.17, 15) is 14.0 Å². The molecule has 8 heteroatoms. The number of amides is 2. The summed E-state index contributed by atoms with van der Waals surface area (Å²) in [6.45, 7) is 1.73. The molecule has 4 atom stereocenters. The predicted molar refractivity (Wildman–Crippen MR) is 133 cm³/mol. The van der Waals surface area contributed by atoms with Gasteiger partial charge in [-0.1, -0.05) is 18.2 Å². The van der Waals surface area contributed by atoms with E-state index in [-0.39, 0.29) is 35.4 Å². The van der Waals surface area contributed by atoms with Crippen molar-refractivity contribution >= 4 is 17.3 Å². The van der Waals surface area contributed by atoms with Gasteiger partial charge < -0.3 is 11.1 Å². The Labute approximate surface area is 206 Å². The Kier molecular flexibility index (Phi) is 5.17. The molecule has 2 aliphatic rings. The molecule has 3 N–H and O–H groups in total. The first-order valence-electron chi connectivity index (χ1n) is 11.9. The largest absolute Gasteiger partial charge is 0.369 e. The lowest BCUT2D eigenvalue weighted by atomic mass is 9.88. The molecule has 4 aromatic rings. The molecule has 6 rings (SSSR count). The molecule has 1 aromatic carbocycles. The van der Waals surface area contributed by atoms with E-state index in [0.29, 0.717) is 5.56 Å². The standard InChI is InChI=1S/C28H24FN5O2/c1-15-11-18(6-7-22(15)29)24-21(3-2-9-31-24)16-8-10-34-20(13-16)14-32-27(34)28(36)33-25-19-5-4-17(12-19)23(25)26(30)35/h2-11,13-14,17,19,23,25H,12H2,1H3,(H2,30,35)(H,33,36)/t17-,19+,23+,25-/m1/s1. The van der Waals surface area contributed by atoms with Crippen molar-refractivity contribution in [2.45, 2.75) is 19.4 Å². The Balaban J connectivity index is 1.31. The maximum absolute atomic E-state index is 13.8. The smallest absolute Gasteiger partial charge is 0.287 e. The summed E-state index contributed by atoms with van der Waals surface area (Å²) in [5, 5.41) is 3.01. The van der Waals surface area contributed by atoms with Crippen LogP contribution in [-0.4, -0.2) is 32.2 Å². The van der Waals surface area contributed by atoms with E-state index in [1.807, 2.05) is 30.3 Å². The maximum atomic E-state index is 13.8. The van der Waals surface area contributed by atoms with Crippen LogP contribution < -0.4 is 11.1 Å². The second-order valence-electron chi connectivity index (χ2n) is 9.53. The number of hydrogen-bond donors (Lipinski definition) is 2. The first-order valence-corrected chi connectivity index (χ1v) is 11.9. The molecule has 3 aromatic heterocycles. The van der Waals surface area contributed by atoms with Crippen molar-refractivity contribution in [1.29, 1.82) is 0 Å². The fourth-order valence-corrected chi connectivity index (χ4v) is 5.62. The number of fused-ring (bicyclic) bond motifs is 3. The SMILES string of the molecule is Cc1cc(-c2ncccc2-c2ccn3c(C(=O)N[C@H]4[C@@H](C(N)=O)[C@@H]5C=C[C@H]4C5)ncc3c2)ccc1F. The number of allylic oxidation sites excluding steroid dienone is 1. The number of nitrogens with zero attached hydrogens (tertiary/aromatic N) is 3. The minimum Gasteiger partial charge on any atom is -0.369 e. The van der Waals surface area contributed by atoms with Gasteiger partial charge >= 0.3 is 0 Å². The molecule has 1 saturated carbocycles. The van der Waals surface area contributed by atoms with Crippen LogP contribution in [0.2, 0.25) is 0 Å². The van der Waals surface area contributed by atoms with Crippen molar-refractivity contribution < 1.29 is 14.0 Å². The fraction of sp³-hybridized carbons (Fsp3) is 0.214. The van der Waals surface area contributed by atoms with E-state index in [4.69, 9.17) is 5.73 Å². The quantitative estimate of drug-likeness (QED) is 0.422. The first-order chi connectivity index (χ1) is 17.4. The fourth-order valence-electron chi connectivity index (χ4n) is 5.62. The van der Waals surface area contributed by atoms with Crippen molar-refractivity contribution in [3.05, 3.63) is 90.4 Å². The Morgan fingerprint density at radius 3 is 2.72 bits per heavy atom. The van der Waals surface area contributed by atoms with E-state index in [2.05, 4.69) is 21.4 Å². The van der Waals surface area contributed by atoms with Crippen LogP contribution >= 0.6 is 0 Å². The molecule has 3 heterocycles. The monoisotopic (exact) mass is 481 g/mol. The Morgan fingerprint density at radius 2 is 1.92 bits per heavy atom. The number of benzene rings is 1. The van der Waals surface area contributed by atoms with Crippen molar-refractivity contribution in [2.75, 3.05) is 0 Å². The molecule has 0 radical (unpaired) electrons. The summed E-state index contributed by atoms with van der Waals surface area (Å²) in [7, 11) is 0. The Hall–Kier alpha value is -4.33. The van der Waals surface area contributed by atoms with Crippen molar-refractivity contribution in [1.82, 2.24) is 19.7 Å². The first kappa shape index (κ1) is 22.2. The highest BCUT2D eigenvalue weighted by Crippen LogP contribution is 2.43. The summed E-state index contributed by atoms with van der Waals surface area (Å²) >= 11 is 0. The summed E-state index contributed by atoms with van der Waals surface area (Å²) in [6.07, 6.45) is 10.1. The van der Waals surface area contributed by atoms with Crippen LogP contribution in [0.5, 0.6) is 0 Å². The average molecular weight is 482 g/mol. The number of halogens is 1. The average Bonchev–Trinajstić information content (AvgIpc) is 3.60. The number of rotatable bonds is 5. The van der Waals surface area contributed by atoms with Crippen LogP contribution in [-0.2, 0) is 4.79 Å². The van der Waals surface area contributed by atoms with E-state index < -0.39 is 11.8 Å². The third kappa shape index (κ3) is 3.57. The molecule has 1 fully saturated rings. The second-order valence-corrected chi connectivity index (χ2v) is 9.53. The van der Waals surface area contributed by atoms with Crippen LogP contribution in [0, 0.1) is 30.5 Å². The van der Waals surface area contributed by atoms with Crippen molar-refractivity contribution in [3.63, 3.8) is 0 Å². The van der Waals surface area contributed by atoms with Gasteiger partial charge in [-0.3, -0.25) is 19.0 Å². The van der Waals surface area contributed by atoms with Crippen LogP contribution in [0.25, 0.3) is 27.9 Å². The number of aryl methyl sites for hydroxylation is 1. The van der Waals surface area contributed by atoms with Crippen LogP contribution in [0.1, 0.15) is 22.6 Å². The van der Waals surface area contributed by atoms with Gasteiger partial charge in [0.15, 0.2) is 0 Å². The number of hydrogen-bond acceptors (Lipinski definition) is 4. The zero-order valence-corrected chi connectivity index (χ0v) is 19.6. The maximum Gasteiger partial charge on any atom is 0.287 e. The van der Waals surface area contributed by atoms with Gasteiger partial charge in [-0.05, 0) is 72.7 Å².